The molecule has 5 N–H and O–H groups in total. The van der Waals surface area contributed by atoms with E-state index < -0.39 is 21.6 Å². The van der Waals surface area contributed by atoms with Gasteiger partial charge in [0.25, 0.3) is 0 Å². The van der Waals surface area contributed by atoms with Crippen LogP contribution in [0.5, 0.6) is 0 Å². The lowest BCUT2D eigenvalue weighted by Gasteiger charge is -1.90. The highest BCUT2D eigenvalue weighted by Gasteiger charge is 2.23. The van der Waals surface area contributed by atoms with Gasteiger partial charge in [0, 0.05) is 4.57 Å². The van der Waals surface area contributed by atoms with E-state index in [-0.39, 0.29) is 0 Å². The number of carboxylic acid groups (broad SMARTS) is 1. The molecule has 0 rings (SSSR count). The average Bonchev–Trinajstić information content (AvgIpc) is 1.59. The van der Waals surface area contributed by atoms with Gasteiger partial charge in [0.15, 0.2) is 0 Å². The Hall–Kier alpha value is -0.360. The Labute approximate surface area is 61.2 Å². The molecule has 0 unspecified atom stereocenters. The molecule has 0 bridgehead atoms. The van der Waals surface area contributed by atoms with Crippen molar-refractivity contribution in [3.8, 4) is 0 Å². The zero-order chi connectivity index (χ0) is 9.65. The standard InChI is InChI=1S/CH3O5P.HO3P/c2-1(3)7(4,5)6;1-4(2)3/h(H,2,3)(H2,4,5,6);(H-,1,2,3)/p+1. The molecule has 10 heteroatoms. The molecular formula is CH5O8P2+. The van der Waals surface area contributed by atoms with Crippen molar-refractivity contribution in [3.05, 3.63) is 0 Å². The van der Waals surface area contributed by atoms with Crippen molar-refractivity contribution in [1.82, 2.24) is 0 Å². The maximum absolute atomic E-state index is 9.43. The molecule has 0 heterocycles. The first-order valence-electron chi connectivity index (χ1n) is 1.82. The largest absolute Gasteiger partial charge is 0.692 e. The van der Waals surface area contributed by atoms with Gasteiger partial charge in [0.2, 0.25) is 0 Å². The first-order valence-corrected chi connectivity index (χ1v) is 4.59. The zero-order valence-corrected chi connectivity index (χ0v) is 6.64. The number of carbonyl (C=O) groups is 1. The van der Waals surface area contributed by atoms with Crippen molar-refractivity contribution in [3.63, 3.8) is 0 Å². The third kappa shape index (κ3) is 17.7. The summed E-state index contributed by atoms with van der Waals surface area (Å²) in [7, 11) is -7.69. The van der Waals surface area contributed by atoms with Crippen molar-refractivity contribution in [2.24, 2.45) is 0 Å². The maximum Gasteiger partial charge on any atom is 0.692 e. The normalized spacial score (nSPS) is 9.45. The Morgan fingerprint density at radius 3 is 1.36 bits per heavy atom. The molecule has 66 valence electrons. The van der Waals surface area contributed by atoms with E-state index in [0.717, 1.165) is 0 Å². The first kappa shape index (κ1) is 13.2. The summed E-state index contributed by atoms with van der Waals surface area (Å²) in [6.45, 7) is 0. The fraction of sp³-hybridized carbons (Fsp3) is 0. The van der Waals surface area contributed by atoms with Crippen LogP contribution in [0.15, 0.2) is 0 Å². The molecule has 0 aromatic rings. The van der Waals surface area contributed by atoms with Crippen LogP contribution in [0.4, 0.5) is 4.79 Å². The summed E-state index contributed by atoms with van der Waals surface area (Å²) in [5.74, 6) is 0. The molecule has 0 saturated carbocycles. The maximum atomic E-state index is 9.43. The van der Waals surface area contributed by atoms with E-state index in [1.165, 1.54) is 0 Å². The molecule has 0 aliphatic carbocycles. The van der Waals surface area contributed by atoms with E-state index in [4.69, 9.17) is 29.2 Å². The summed E-state index contributed by atoms with van der Waals surface area (Å²) in [5, 5.41) is 7.49. The predicted octanol–water partition coefficient (Wildman–Crippen LogP) is -0.530. The van der Waals surface area contributed by atoms with Gasteiger partial charge in [-0.15, -0.1) is 9.79 Å². The second kappa shape index (κ2) is 5.31. The van der Waals surface area contributed by atoms with Gasteiger partial charge < -0.3 is 14.9 Å². The minimum absolute atomic E-state index is 2.09. The third-order valence-electron chi connectivity index (χ3n) is 0.249. The Morgan fingerprint density at radius 1 is 1.27 bits per heavy atom. The summed E-state index contributed by atoms with van der Waals surface area (Å²) in [6.07, 6.45) is 0. The highest BCUT2D eigenvalue weighted by Crippen LogP contribution is 2.34. The molecule has 0 amide bonds. The second-order valence-electron chi connectivity index (χ2n) is 1.08. The zero-order valence-electron chi connectivity index (χ0n) is 4.86. The van der Waals surface area contributed by atoms with Crippen molar-refractivity contribution in [2.75, 3.05) is 0 Å². The van der Waals surface area contributed by atoms with Gasteiger partial charge in [-0.05, 0) is 0 Å². The lowest BCUT2D eigenvalue weighted by molar-refractivity contribution is 0.208. The Kier molecular flexibility index (Phi) is 6.40. The number of hydrogen-bond donors (Lipinski definition) is 5. The second-order valence-corrected chi connectivity index (χ2v) is 3.06. The summed E-state index contributed by atoms with van der Waals surface area (Å²) in [5.41, 5.74) is -2.09. The molecule has 0 aromatic heterocycles. The van der Waals surface area contributed by atoms with Gasteiger partial charge in [-0.1, -0.05) is 0 Å². The first-order chi connectivity index (χ1) is 4.68. The summed E-state index contributed by atoms with van der Waals surface area (Å²) < 4.78 is 18.1. The van der Waals surface area contributed by atoms with Crippen molar-refractivity contribution < 1.29 is 38.6 Å². The Bertz CT molecular complexity index is 184. The van der Waals surface area contributed by atoms with Gasteiger partial charge >= 0.3 is 21.6 Å². The summed E-state index contributed by atoms with van der Waals surface area (Å²) >= 11 is 0. The third-order valence-corrected chi connectivity index (χ3v) is 0.748. The Balaban J connectivity index is 0. The molecule has 0 aliphatic rings. The quantitative estimate of drug-likeness (QED) is 0.359. The molecule has 0 aromatic carbocycles. The van der Waals surface area contributed by atoms with E-state index in [1.807, 2.05) is 0 Å². The monoisotopic (exact) mass is 207 g/mol. The lowest BCUT2D eigenvalue weighted by atomic mass is 11.6. The summed E-state index contributed by atoms with van der Waals surface area (Å²) in [6, 6.07) is 0. The topological polar surface area (TPSA) is 152 Å². The van der Waals surface area contributed by atoms with Crippen LogP contribution in [0.3, 0.4) is 0 Å². The summed E-state index contributed by atoms with van der Waals surface area (Å²) in [4.78, 5) is 38.7. The van der Waals surface area contributed by atoms with Crippen LogP contribution in [-0.4, -0.2) is 30.4 Å². The van der Waals surface area contributed by atoms with Crippen LogP contribution >= 0.6 is 15.9 Å². The fourth-order valence-corrected chi connectivity index (χ4v) is 0. The van der Waals surface area contributed by atoms with Crippen LogP contribution in [0.25, 0.3) is 0 Å². The highest BCUT2D eigenvalue weighted by atomic mass is 31.2. The van der Waals surface area contributed by atoms with Gasteiger partial charge in [0.05, 0.1) is 0 Å². The average molecular weight is 207 g/mol. The van der Waals surface area contributed by atoms with Gasteiger partial charge in [-0.2, -0.15) is 0 Å². The minimum atomic E-state index is -4.82. The van der Waals surface area contributed by atoms with Gasteiger partial charge in [-0.3, -0.25) is 0 Å². The molecule has 0 saturated heterocycles. The molecular weight excluding hydrogens is 202 g/mol. The van der Waals surface area contributed by atoms with E-state index in [2.05, 4.69) is 0 Å². The molecule has 8 nitrogen and oxygen atoms in total. The predicted molar refractivity (Wildman–Crippen MR) is 32.1 cm³/mol. The van der Waals surface area contributed by atoms with Crippen molar-refractivity contribution in [1.29, 1.82) is 0 Å². The van der Waals surface area contributed by atoms with Crippen LogP contribution in [0.1, 0.15) is 0 Å². The van der Waals surface area contributed by atoms with Crippen molar-refractivity contribution >= 4 is 21.6 Å². The van der Waals surface area contributed by atoms with Gasteiger partial charge in [0.1, 0.15) is 0 Å². The van der Waals surface area contributed by atoms with E-state index in [9.17, 15) is 9.36 Å². The van der Waals surface area contributed by atoms with Crippen LogP contribution in [0, 0.1) is 0 Å². The molecule has 0 spiro atoms. The Morgan fingerprint density at radius 2 is 1.36 bits per heavy atom. The van der Waals surface area contributed by atoms with Crippen LogP contribution in [0.2, 0.25) is 0 Å². The minimum Gasteiger partial charge on any atom is -0.472 e. The van der Waals surface area contributed by atoms with E-state index >= 15 is 0 Å². The fourth-order valence-electron chi connectivity index (χ4n) is 0. The highest BCUT2D eigenvalue weighted by molar-refractivity contribution is 7.69. The number of hydrogen-bond acceptors (Lipinski definition) is 3. The number of rotatable bonds is 1. The molecule has 0 fully saturated rings. The smallest absolute Gasteiger partial charge is 0.472 e. The molecule has 11 heavy (non-hydrogen) atoms. The lowest BCUT2D eigenvalue weighted by Crippen LogP contribution is -1.90. The molecule has 0 atom stereocenters. The van der Waals surface area contributed by atoms with E-state index in [1.54, 1.807) is 0 Å². The van der Waals surface area contributed by atoms with Crippen molar-refractivity contribution in [2.45, 2.75) is 0 Å². The van der Waals surface area contributed by atoms with Crippen LogP contribution < -0.4 is 0 Å². The van der Waals surface area contributed by atoms with Gasteiger partial charge in [-0.25, -0.2) is 9.36 Å². The van der Waals surface area contributed by atoms with E-state index in [0.29, 0.717) is 0 Å². The van der Waals surface area contributed by atoms with Crippen LogP contribution in [-0.2, 0) is 9.13 Å². The molecule has 0 radical (unpaired) electrons. The SMILES string of the molecule is O=C(O)P(=O)(O)O.O=[P+](O)O. The molecule has 0 aliphatic heterocycles.